The van der Waals surface area contributed by atoms with Crippen LogP contribution in [0, 0.1) is 11.7 Å². The lowest BCUT2D eigenvalue weighted by Gasteiger charge is -2.24. The molecule has 0 amide bonds. The molecule has 20 heavy (non-hydrogen) atoms. The van der Waals surface area contributed by atoms with Crippen LogP contribution in [-0.2, 0) is 0 Å². The smallest absolute Gasteiger partial charge is 0.165 e. The van der Waals surface area contributed by atoms with Gasteiger partial charge in [0, 0.05) is 6.04 Å². The summed E-state index contributed by atoms with van der Waals surface area (Å²) in [5.74, 6) is 0.726. The van der Waals surface area contributed by atoms with E-state index in [4.69, 9.17) is 4.74 Å². The SMILES string of the molecule is CCCNC(CC(CC)CC)c1ccc(F)c(OC)c1. The van der Waals surface area contributed by atoms with Gasteiger partial charge in [-0.3, -0.25) is 0 Å². The van der Waals surface area contributed by atoms with E-state index in [1.165, 1.54) is 26.0 Å². The molecule has 2 nitrogen and oxygen atoms in total. The van der Waals surface area contributed by atoms with E-state index in [2.05, 4.69) is 26.1 Å². The third kappa shape index (κ3) is 4.78. The molecule has 3 heteroatoms. The molecule has 0 aliphatic rings. The average Bonchev–Trinajstić information content (AvgIpc) is 2.48. The lowest BCUT2D eigenvalue weighted by atomic mass is 9.91. The molecule has 0 heterocycles. The van der Waals surface area contributed by atoms with Gasteiger partial charge in [0.1, 0.15) is 0 Å². The summed E-state index contributed by atoms with van der Waals surface area (Å²) in [6.07, 6.45) is 4.54. The fraction of sp³-hybridized carbons (Fsp3) is 0.647. The number of rotatable bonds is 9. The van der Waals surface area contributed by atoms with Crippen LogP contribution in [0.4, 0.5) is 4.39 Å². The minimum atomic E-state index is -0.298. The van der Waals surface area contributed by atoms with E-state index in [-0.39, 0.29) is 11.9 Å². The topological polar surface area (TPSA) is 21.3 Å². The zero-order chi connectivity index (χ0) is 15.0. The molecule has 0 fully saturated rings. The van der Waals surface area contributed by atoms with Crippen molar-refractivity contribution in [2.45, 2.75) is 52.5 Å². The van der Waals surface area contributed by atoms with E-state index in [9.17, 15) is 4.39 Å². The molecule has 0 bridgehead atoms. The highest BCUT2D eigenvalue weighted by molar-refractivity contribution is 5.32. The summed E-state index contributed by atoms with van der Waals surface area (Å²) in [5.41, 5.74) is 1.11. The lowest BCUT2D eigenvalue weighted by Crippen LogP contribution is -2.24. The zero-order valence-corrected chi connectivity index (χ0v) is 13.2. The minimum absolute atomic E-state index is 0.273. The van der Waals surface area contributed by atoms with Crippen molar-refractivity contribution in [2.75, 3.05) is 13.7 Å². The molecule has 1 aromatic carbocycles. The Labute approximate surface area is 122 Å². The Kier molecular flexibility index (Phi) is 7.60. The Balaban J connectivity index is 2.91. The summed E-state index contributed by atoms with van der Waals surface area (Å²) in [7, 11) is 1.51. The molecule has 0 aliphatic carbocycles. The van der Waals surface area contributed by atoms with Gasteiger partial charge in [-0.25, -0.2) is 4.39 Å². The molecule has 1 unspecified atom stereocenters. The fourth-order valence-electron chi connectivity index (χ4n) is 2.50. The summed E-state index contributed by atoms with van der Waals surface area (Å²) < 4.78 is 18.6. The summed E-state index contributed by atoms with van der Waals surface area (Å²) >= 11 is 0. The second-order valence-corrected chi connectivity index (χ2v) is 5.32. The molecular weight excluding hydrogens is 253 g/mol. The highest BCUT2D eigenvalue weighted by atomic mass is 19.1. The molecule has 1 N–H and O–H groups in total. The highest BCUT2D eigenvalue weighted by Gasteiger charge is 2.17. The first-order valence-electron chi connectivity index (χ1n) is 7.72. The number of ether oxygens (including phenoxy) is 1. The quantitative estimate of drug-likeness (QED) is 0.708. The van der Waals surface area contributed by atoms with Gasteiger partial charge in [-0.05, 0) is 43.0 Å². The van der Waals surface area contributed by atoms with Crippen molar-refractivity contribution in [3.8, 4) is 5.75 Å². The maximum atomic E-state index is 13.5. The summed E-state index contributed by atoms with van der Waals surface area (Å²) in [6, 6.07) is 5.47. The number of benzene rings is 1. The second-order valence-electron chi connectivity index (χ2n) is 5.32. The number of halogens is 1. The van der Waals surface area contributed by atoms with E-state index in [1.54, 1.807) is 0 Å². The first kappa shape index (κ1) is 17.0. The van der Waals surface area contributed by atoms with Crippen molar-refractivity contribution in [3.63, 3.8) is 0 Å². The summed E-state index contributed by atoms with van der Waals surface area (Å²) in [4.78, 5) is 0. The largest absolute Gasteiger partial charge is 0.494 e. The van der Waals surface area contributed by atoms with E-state index >= 15 is 0 Å². The van der Waals surface area contributed by atoms with Crippen LogP contribution in [0.1, 0.15) is 58.1 Å². The first-order chi connectivity index (χ1) is 9.65. The van der Waals surface area contributed by atoms with Gasteiger partial charge in [0.15, 0.2) is 11.6 Å². The monoisotopic (exact) mass is 281 g/mol. The van der Waals surface area contributed by atoms with Crippen molar-refractivity contribution in [3.05, 3.63) is 29.6 Å². The molecule has 114 valence electrons. The molecule has 0 aromatic heterocycles. The fourth-order valence-corrected chi connectivity index (χ4v) is 2.50. The van der Waals surface area contributed by atoms with Gasteiger partial charge in [0.05, 0.1) is 7.11 Å². The summed E-state index contributed by atoms with van der Waals surface area (Å²) in [6.45, 7) is 7.60. The standard InChI is InChI=1S/C17H28FNO/c1-5-10-19-16(11-13(6-2)7-3)14-8-9-15(18)17(12-14)20-4/h8-9,12-13,16,19H,5-7,10-11H2,1-4H3. The Hall–Kier alpha value is -1.09. The van der Waals surface area contributed by atoms with E-state index in [0.29, 0.717) is 11.7 Å². The van der Waals surface area contributed by atoms with Gasteiger partial charge >= 0.3 is 0 Å². The van der Waals surface area contributed by atoms with Gasteiger partial charge in [-0.2, -0.15) is 0 Å². The Bertz CT molecular complexity index is 391. The molecule has 0 aliphatic heterocycles. The van der Waals surface area contributed by atoms with Crippen LogP contribution in [0.5, 0.6) is 5.75 Å². The second kappa shape index (κ2) is 8.96. The molecule has 0 saturated heterocycles. The van der Waals surface area contributed by atoms with Crippen molar-refractivity contribution < 1.29 is 9.13 Å². The maximum absolute atomic E-state index is 13.5. The van der Waals surface area contributed by atoms with Gasteiger partial charge in [-0.1, -0.05) is 39.7 Å². The first-order valence-corrected chi connectivity index (χ1v) is 7.72. The predicted molar refractivity (Wildman–Crippen MR) is 82.7 cm³/mol. The van der Waals surface area contributed by atoms with Crippen molar-refractivity contribution >= 4 is 0 Å². The lowest BCUT2D eigenvalue weighted by molar-refractivity contribution is 0.364. The van der Waals surface area contributed by atoms with Crippen LogP contribution >= 0.6 is 0 Å². The van der Waals surface area contributed by atoms with E-state index in [0.717, 1.165) is 24.9 Å². The highest BCUT2D eigenvalue weighted by Crippen LogP contribution is 2.28. The molecule has 0 saturated carbocycles. The van der Waals surface area contributed by atoms with Crippen LogP contribution in [0.25, 0.3) is 0 Å². The third-order valence-corrected chi connectivity index (χ3v) is 3.94. The van der Waals surface area contributed by atoms with Crippen LogP contribution < -0.4 is 10.1 Å². The van der Waals surface area contributed by atoms with Gasteiger partial charge in [-0.15, -0.1) is 0 Å². The molecule has 1 aromatic rings. The third-order valence-electron chi connectivity index (χ3n) is 3.94. The van der Waals surface area contributed by atoms with Crippen molar-refractivity contribution in [1.82, 2.24) is 5.32 Å². The number of hydrogen-bond acceptors (Lipinski definition) is 2. The van der Waals surface area contributed by atoms with Crippen molar-refractivity contribution in [2.24, 2.45) is 5.92 Å². The number of methoxy groups -OCH3 is 1. The predicted octanol–water partition coefficient (Wildman–Crippen LogP) is 4.70. The van der Waals surface area contributed by atoms with Gasteiger partial charge in [0.25, 0.3) is 0 Å². The van der Waals surface area contributed by atoms with Crippen LogP contribution in [0.15, 0.2) is 18.2 Å². The van der Waals surface area contributed by atoms with Crippen LogP contribution in [-0.4, -0.2) is 13.7 Å². The van der Waals surface area contributed by atoms with Crippen LogP contribution in [0.2, 0.25) is 0 Å². The maximum Gasteiger partial charge on any atom is 0.165 e. The normalized spacial score (nSPS) is 12.7. The molecule has 0 spiro atoms. The Morgan fingerprint density at radius 1 is 1.20 bits per heavy atom. The summed E-state index contributed by atoms with van der Waals surface area (Å²) in [5, 5.41) is 3.58. The van der Waals surface area contributed by atoms with E-state index < -0.39 is 0 Å². The van der Waals surface area contributed by atoms with Gasteiger partial charge < -0.3 is 10.1 Å². The molecule has 1 rings (SSSR count). The minimum Gasteiger partial charge on any atom is -0.494 e. The van der Waals surface area contributed by atoms with Gasteiger partial charge in [0.2, 0.25) is 0 Å². The molecule has 1 atom stereocenters. The number of nitrogens with one attached hydrogen (secondary N) is 1. The zero-order valence-electron chi connectivity index (χ0n) is 13.2. The average molecular weight is 281 g/mol. The van der Waals surface area contributed by atoms with Crippen LogP contribution in [0.3, 0.4) is 0 Å². The number of hydrogen-bond donors (Lipinski definition) is 1. The Morgan fingerprint density at radius 2 is 1.90 bits per heavy atom. The molecular formula is C17H28FNO. The van der Waals surface area contributed by atoms with E-state index in [1.807, 2.05) is 12.1 Å². The van der Waals surface area contributed by atoms with Crippen molar-refractivity contribution in [1.29, 1.82) is 0 Å². The molecule has 0 radical (unpaired) electrons. The Morgan fingerprint density at radius 3 is 2.45 bits per heavy atom.